The Labute approximate surface area is 83.3 Å². The topological polar surface area (TPSA) is 12.5 Å². The van der Waals surface area contributed by atoms with Crippen LogP contribution in [0.4, 0.5) is 0 Å². The minimum Gasteiger partial charge on any atom is -0.385 e. The fourth-order valence-electron chi connectivity index (χ4n) is 1.72. The first-order chi connectivity index (χ1) is 5.83. The first-order valence-corrected chi connectivity index (χ1v) is 5.04. The zero-order chi connectivity index (χ0) is 8.81. The van der Waals surface area contributed by atoms with E-state index in [0.717, 1.165) is 12.5 Å². The molecule has 1 fully saturated rings. The number of methoxy groups -OCH3 is 1. The van der Waals surface area contributed by atoms with E-state index in [1.807, 2.05) is 0 Å². The molecule has 0 radical (unpaired) electrons. The molecule has 13 heavy (non-hydrogen) atoms. The summed E-state index contributed by atoms with van der Waals surface area (Å²) in [5, 5.41) is 0. The van der Waals surface area contributed by atoms with Gasteiger partial charge in [-0.2, -0.15) is 0 Å². The Morgan fingerprint density at radius 3 is 2.46 bits per heavy atom. The predicted molar refractivity (Wildman–Crippen MR) is 58.1 cm³/mol. The molecule has 1 aliphatic rings. The highest BCUT2D eigenvalue weighted by Crippen LogP contribution is 2.15. The molecule has 1 aliphatic heterocycles. The van der Waals surface area contributed by atoms with Crippen molar-refractivity contribution in [3.8, 4) is 0 Å². The third kappa shape index (κ3) is 5.27. The van der Waals surface area contributed by atoms with E-state index in [-0.39, 0.29) is 7.43 Å². The van der Waals surface area contributed by atoms with Crippen LogP contribution in [-0.4, -0.2) is 38.3 Å². The maximum absolute atomic E-state index is 5.03. The lowest BCUT2D eigenvalue weighted by Crippen LogP contribution is -2.33. The van der Waals surface area contributed by atoms with Gasteiger partial charge in [0.15, 0.2) is 0 Å². The number of ether oxygens (including phenoxy) is 1. The summed E-state index contributed by atoms with van der Waals surface area (Å²) in [7, 11) is 1.78. The first kappa shape index (κ1) is 12.9. The van der Waals surface area contributed by atoms with E-state index in [1.54, 1.807) is 7.11 Å². The number of nitrogens with zero attached hydrogens (tertiary/aromatic N) is 1. The van der Waals surface area contributed by atoms with Crippen molar-refractivity contribution >= 4 is 0 Å². The number of likely N-dealkylation sites (tertiary alicyclic amines) is 1. The fourth-order valence-corrected chi connectivity index (χ4v) is 1.72. The molecule has 0 saturated carbocycles. The molecule has 0 aromatic carbocycles. The van der Waals surface area contributed by atoms with E-state index in [2.05, 4.69) is 11.8 Å². The SMILES string of the molecule is C.COCCCN1CCC(C)CC1. The van der Waals surface area contributed by atoms with Crippen molar-refractivity contribution in [1.29, 1.82) is 0 Å². The molecule has 2 heteroatoms. The molecule has 0 bridgehead atoms. The minimum atomic E-state index is 0. The van der Waals surface area contributed by atoms with Crippen LogP contribution in [0.2, 0.25) is 0 Å². The van der Waals surface area contributed by atoms with Crippen LogP contribution in [0.15, 0.2) is 0 Å². The quantitative estimate of drug-likeness (QED) is 0.627. The summed E-state index contributed by atoms with van der Waals surface area (Å²) >= 11 is 0. The van der Waals surface area contributed by atoms with Crippen LogP contribution < -0.4 is 0 Å². The molecule has 1 saturated heterocycles. The predicted octanol–water partition coefficient (Wildman–Crippen LogP) is 2.39. The second kappa shape index (κ2) is 7.34. The van der Waals surface area contributed by atoms with E-state index in [9.17, 15) is 0 Å². The lowest BCUT2D eigenvalue weighted by atomic mass is 9.99. The van der Waals surface area contributed by atoms with Gasteiger partial charge in [-0.3, -0.25) is 0 Å². The Morgan fingerprint density at radius 1 is 1.31 bits per heavy atom. The molecule has 0 spiro atoms. The van der Waals surface area contributed by atoms with Crippen molar-refractivity contribution in [3.05, 3.63) is 0 Å². The minimum absolute atomic E-state index is 0. The largest absolute Gasteiger partial charge is 0.385 e. The number of hydrogen-bond acceptors (Lipinski definition) is 2. The van der Waals surface area contributed by atoms with E-state index < -0.39 is 0 Å². The second-order valence-electron chi connectivity index (χ2n) is 3.87. The van der Waals surface area contributed by atoms with Crippen molar-refractivity contribution in [1.82, 2.24) is 4.90 Å². The molecule has 0 atom stereocenters. The summed E-state index contributed by atoms with van der Waals surface area (Å²) in [6.07, 6.45) is 3.95. The highest BCUT2D eigenvalue weighted by Gasteiger charge is 2.14. The first-order valence-electron chi connectivity index (χ1n) is 5.04. The van der Waals surface area contributed by atoms with Gasteiger partial charge < -0.3 is 9.64 Å². The molecule has 0 unspecified atom stereocenters. The van der Waals surface area contributed by atoms with Gasteiger partial charge in [-0.25, -0.2) is 0 Å². The molecule has 80 valence electrons. The lowest BCUT2D eigenvalue weighted by Gasteiger charge is -2.29. The summed E-state index contributed by atoms with van der Waals surface area (Å²) in [4.78, 5) is 2.55. The van der Waals surface area contributed by atoms with Crippen molar-refractivity contribution in [2.24, 2.45) is 5.92 Å². The van der Waals surface area contributed by atoms with Gasteiger partial charge in [-0.15, -0.1) is 0 Å². The van der Waals surface area contributed by atoms with Crippen LogP contribution in [0.3, 0.4) is 0 Å². The highest BCUT2D eigenvalue weighted by molar-refractivity contribution is 4.68. The molecule has 2 nitrogen and oxygen atoms in total. The van der Waals surface area contributed by atoms with Crippen LogP contribution in [-0.2, 0) is 4.74 Å². The molecule has 0 amide bonds. The average Bonchev–Trinajstić information content (AvgIpc) is 2.09. The molecule has 1 heterocycles. The summed E-state index contributed by atoms with van der Waals surface area (Å²) in [5.74, 6) is 0.948. The van der Waals surface area contributed by atoms with E-state index in [0.29, 0.717) is 0 Å². The summed E-state index contributed by atoms with van der Waals surface area (Å²) in [5.41, 5.74) is 0. The Balaban J connectivity index is 0.00000144. The van der Waals surface area contributed by atoms with Gasteiger partial charge in [0.2, 0.25) is 0 Å². The van der Waals surface area contributed by atoms with Crippen LogP contribution in [0.25, 0.3) is 0 Å². The number of rotatable bonds is 4. The summed E-state index contributed by atoms with van der Waals surface area (Å²) in [6, 6.07) is 0. The second-order valence-corrected chi connectivity index (χ2v) is 3.87. The van der Waals surface area contributed by atoms with Crippen molar-refractivity contribution in [2.45, 2.75) is 33.6 Å². The monoisotopic (exact) mass is 187 g/mol. The van der Waals surface area contributed by atoms with Gasteiger partial charge in [0.25, 0.3) is 0 Å². The Kier molecular flexibility index (Phi) is 7.29. The molecular weight excluding hydrogens is 162 g/mol. The van der Waals surface area contributed by atoms with Gasteiger partial charge in [0.05, 0.1) is 0 Å². The molecule has 0 aromatic rings. The van der Waals surface area contributed by atoms with Crippen molar-refractivity contribution < 1.29 is 4.74 Å². The Morgan fingerprint density at radius 2 is 1.92 bits per heavy atom. The third-order valence-corrected chi connectivity index (χ3v) is 2.70. The van der Waals surface area contributed by atoms with Crippen LogP contribution in [0.5, 0.6) is 0 Å². The molecule has 1 rings (SSSR count). The van der Waals surface area contributed by atoms with Crippen molar-refractivity contribution in [2.75, 3.05) is 33.4 Å². The van der Waals surface area contributed by atoms with Crippen LogP contribution in [0, 0.1) is 5.92 Å². The van der Waals surface area contributed by atoms with Gasteiger partial charge in [0.1, 0.15) is 0 Å². The Bertz CT molecular complexity index is 109. The maximum Gasteiger partial charge on any atom is 0.0474 e. The van der Waals surface area contributed by atoms with Crippen LogP contribution >= 0.6 is 0 Å². The van der Waals surface area contributed by atoms with E-state index >= 15 is 0 Å². The van der Waals surface area contributed by atoms with Crippen molar-refractivity contribution in [3.63, 3.8) is 0 Å². The molecule has 0 N–H and O–H groups in total. The normalized spacial score (nSPS) is 19.8. The summed E-state index contributed by atoms with van der Waals surface area (Å²) in [6.45, 7) is 7.08. The van der Waals surface area contributed by atoms with E-state index in [4.69, 9.17) is 4.74 Å². The molecule has 0 aliphatic carbocycles. The number of hydrogen-bond donors (Lipinski definition) is 0. The zero-order valence-corrected chi connectivity index (χ0v) is 8.38. The standard InChI is InChI=1S/C10H21NO.CH4/c1-10-4-7-11(8-5-10)6-3-9-12-2;/h10H,3-9H2,1-2H3;1H4. The number of piperidine rings is 1. The lowest BCUT2D eigenvalue weighted by molar-refractivity contribution is 0.150. The van der Waals surface area contributed by atoms with Gasteiger partial charge >= 0.3 is 0 Å². The Hall–Kier alpha value is -0.0800. The zero-order valence-electron chi connectivity index (χ0n) is 8.38. The molecular formula is C11H25NO. The van der Waals surface area contributed by atoms with E-state index in [1.165, 1.54) is 38.9 Å². The fraction of sp³-hybridized carbons (Fsp3) is 1.00. The smallest absolute Gasteiger partial charge is 0.0474 e. The summed E-state index contributed by atoms with van der Waals surface area (Å²) < 4.78 is 5.03. The average molecular weight is 187 g/mol. The molecule has 0 aromatic heterocycles. The van der Waals surface area contributed by atoms with Crippen LogP contribution in [0.1, 0.15) is 33.6 Å². The van der Waals surface area contributed by atoms with Gasteiger partial charge in [-0.05, 0) is 38.3 Å². The highest BCUT2D eigenvalue weighted by atomic mass is 16.5. The van der Waals surface area contributed by atoms with Gasteiger partial charge in [0, 0.05) is 20.3 Å². The maximum atomic E-state index is 5.03. The van der Waals surface area contributed by atoms with Gasteiger partial charge in [-0.1, -0.05) is 14.4 Å². The third-order valence-electron chi connectivity index (χ3n) is 2.70.